The number of methoxy groups -OCH3 is 1. The maximum absolute atomic E-state index is 5.36. The van der Waals surface area contributed by atoms with Gasteiger partial charge in [-0.15, -0.1) is 6.42 Å². The molecule has 0 saturated heterocycles. The maximum atomic E-state index is 5.36. The van der Waals surface area contributed by atoms with Crippen molar-refractivity contribution in [3.63, 3.8) is 0 Å². The molecular weight excluding hydrogens is 162 g/mol. The molecule has 0 bridgehead atoms. The first-order valence-corrected chi connectivity index (χ1v) is 4.77. The van der Waals surface area contributed by atoms with Crippen LogP contribution < -0.4 is 5.32 Å². The fourth-order valence-electron chi connectivity index (χ4n) is 1.92. The summed E-state index contributed by atoms with van der Waals surface area (Å²) in [6, 6.07) is 0.644. The second-order valence-corrected chi connectivity index (χ2v) is 4.39. The van der Waals surface area contributed by atoms with Gasteiger partial charge in [-0.05, 0) is 13.3 Å². The van der Waals surface area contributed by atoms with Crippen LogP contribution in [0.1, 0.15) is 27.2 Å². The average Bonchev–Trinajstić information content (AvgIpc) is 2.10. The van der Waals surface area contributed by atoms with E-state index in [9.17, 15) is 0 Å². The standard InChI is InChI=1S/C11H19NO/c1-6-8(2)12-9-7-10(13-5)11(9,3)4/h1,8-10,12H,7H2,2-5H3. The van der Waals surface area contributed by atoms with Gasteiger partial charge in [0.2, 0.25) is 0 Å². The van der Waals surface area contributed by atoms with Crippen molar-refractivity contribution in [1.29, 1.82) is 0 Å². The van der Waals surface area contributed by atoms with Crippen LogP contribution in [0.2, 0.25) is 0 Å². The molecule has 0 heterocycles. The highest BCUT2D eigenvalue weighted by Gasteiger charge is 2.48. The van der Waals surface area contributed by atoms with Crippen molar-refractivity contribution in [2.75, 3.05) is 7.11 Å². The SMILES string of the molecule is C#CC(C)NC1CC(OC)C1(C)C. The lowest BCUT2D eigenvalue weighted by molar-refractivity contribution is -0.0984. The maximum Gasteiger partial charge on any atom is 0.0660 e. The first kappa shape index (κ1) is 10.6. The summed E-state index contributed by atoms with van der Waals surface area (Å²) in [5, 5.41) is 3.40. The largest absolute Gasteiger partial charge is 0.381 e. The fraction of sp³-hybridized carbons (Fsp3) is 0.818. The Labute approximate surface area is 81.0 Å². The molecule has 0 spiro atoms. The summed E-state index contributed by atoms with van der Waals surface area (Å²) in [4.78, 5) is 0. The van der Waals surface area contributed by atoms with Gasteiger partial charge in [-0.2, -0.15) is 0 Å². The summed E-state index contributed by atoms with van der Waals surface area (Å²) in [6.45, 7) is 6.44. The highest BCUT2D eigenvalue weighted by atomic mass is 16.5. The average molecular weight is 181 g/mol. The zero-order valence-electron chi connectivity index (χ0n) is 8.92. The predicted molar refractivity (Wildman–Crippen MR) is 54.4 cm³/mol. The molecule has 0 aliphatic heterocycles. The van der Waals surface area contributed by atoms with Crippen LogP contribution in [0.5, 0.6) is 0 Å². The van der Waals surface area contributed by atoms with Crippen molar-refractivity contribution in [3.05, 3.63) is 0 Å². The van der Waals surface area contributed by atoms with E-state index in [4.69, 9.17) is 11.2 Å². The van der Waals surface area contributed by atoms with Crippen LogP contribution in [0, 0.1) is 17.8 Å². The van der Waals surface area contributed by atoms with Gasteiger partial charge < -0.3 is 10.1 Å². The highest BCUT2D eigenvalue weighted by Crippen LogP contribution is 2.42. The van der Waals surface area contributed by atoms with Gasteiger partial charge in [0.05, 0.1) is 12.1 Å². The normalized spacial score (nSPS) is 33.2. The summed E-state index contributed by atoms with van der Waals surface area (Å²) in [5.41, 5.74) is 0.208. The smallest absolute Gasteiger partial charge is 0.0660 e. The van der Waals surface area contributed by atoms with Crippen molar-refractivity contribution in [2.45, 2.75) is 45.4 Å². The van der Waals surface area contributed by atoms with E-state index in [-0.39, 0.29) is 11.5 Å². The minimum Gasteiger partial charge on any atom is -0.381 e. The van der Waals surface area contributed by atoms with Gasteiger partial charge in [-0.25, -0.2) is 0 Å². The Kier molecular flexibility index (Phi) is 3.00. The summed E-state index contributed by atoms with van der Waals surface area (Å²) >= 11 is 0. The van der Waals surface area contributed by atoms with Gasteiger partial charge in [-0.3, -0.25) is 0 Å². The molecule has 2 heteroatoms. The van der Waals surface area contributed by atoms with Gasteiger partial charge in [0.15, 0.2) is 0 Å². The minimum absolute atomic E-state index is 0.155. The molecule has 3 unspecified atom stereocenters. The molecule has 13 heavy (non-hydrogen) atoms. The van der Waals surface area contributed by atoms with E-state index in [1.807, 2.05) is 6.92 Å². The van der Waals surface area contributed by atoms with Crippen molar-refractivity contribution < 1.29 is 4.74 Å². The molecule has 1 aliphatic rings. The van der Waals surface area contributed by atoms with E-state index in [0.717, 1.165) is 6.42 Å². The van der Waals surface area contributed by atoms with Crippen LogP contribution in [-0.2, 0) is 4.74 Å². The molecule has 1 fully saturated rings. The molecule has 0 aromatic heterocycles. The van der Waals surface area contributed by atoms with Crippen LogP contribution in [0.3, 0.4) is 0 Å². The molecule has 74 valence electrons. The summed E-state index contributed by atoms with van der Waals surface area (Å²) < 4.78 is 5.36. The monoisotopic (exact) mass is 181 g/mol. The highest BCUT2D eigenvalue weighted by molar-refractivity contribution is 5.07. The zero-order chi connectivity index (χ0) is 10.1. The first-order chi connectivity index (χ1) is 6.02. The Morgan fingerprint density at radius 1 is 1.62 bits per heavy atom. The Hall–Kier alpha value is -0.520. The third kappa shape index (κ3) is 1.87. The van der Waals surface area contributed by atoms with Gasteiger partial charge in [0.25, 0.3) is 0 Å². The van der Waals surface area contributed by atoms with Gasteiger partial charge >= 0.3 is 0 Å². The van der Waals surface area contributed by atoms with E-state index in [1.54, 1.807) is 7.11 Å². The quantitative estimate of drug-likeness (QED) is 0.665. The third-order valence-corrected chi connectivity index (χ3v) is 3.16. The van der Waals surface area contributed by atoms with E-state index in [2.05, 4.69) is 25.1 Å². The molecule has 0 radical (unpaired) electrons. The van der Waals surface area contributed by atoms with Crippen molar-refractivity contribution >= 4 is 0 Å². The number of ether oxygens (including phenoxy) is 1. The van der Waals surface area contributed by atoms with E-state index < -0.39 is 0 Å². The molecule has 1 aliphatic carbocycles. The second-order valence-electron chi connectivity index (χ2n) is 4.39. The van der Waals surface area contributed by atoms with E-state index in [1.165, 1.54) is 0 Å². The molecule has 0 amide bonds. The number of hydrogen-bond donors (Lipinski definition) is 1. The summed E-state index contributed by atoms with van der Waals surface area (Å²) in [6.07, 6.45) is 6.75. The Bertz CT molecular complexity index is 217. The van der Waals surface area contributed by atoms with Crippen molar-refractivity contribution in [2.24, 2.45) is 5.41 Å². The lowest BCUT2D eigenvalue weighted by Gasteiger charge is -2.52. The zero-order valence-corrected chi connectivity index (χ0v) is 8.92. The number of terminal acetylenes is 1. The molecule has 1 rings (SSSR count). The van der Waals surface area contributed by atoms with Crippen LogP contribution in [0.15, 0.2) is 0 Å². The molecular formula is C11H19NO. The van der Waals surface area contributed by atoms with Crippen molar-refractivity contribution in [3.8, 4) is 12.3 Å². The lowest BCUT2D eigenvalue weighted by Crippen LogP contribution is -2.62. The van der Waals surface area contributed by atoms with Crippen LogP contribution in [0.25, 0.3) is 0 Å². The van der Waals surface area contributed by atoms with Crippen LogP contribution in [0.4, 0.5) is 0 Å². The Morgan fingerprint density at radius 2 is 2.23 bits per heavy atom. The molecule has 2 nitrogen and oxygen atoms in total. The number of rotatable bonds is 3. The molecule has 0 aromatic carbocycles. The van der Waals surface area contributed by atoms with Crippen LogP contribution >= 0.6 is 0 Å². The second kappa shape index (κ2) is 3.69. The lowest BCUT2D eigenvalue weighted by atomic mass is 9.64. The first-order valence-electron chi connectivity index (χ1n) is 4.77. The Morgan fingerprint density at radius 3 is 2.62 bits per heavy atom. The third-order valence-electron chi connectivity index (χ3n) is 3.16. The van der Waals surface area contributed by atoms with Gasteiger partial charge in [-0.1, -0.05) is 19.8 Å². The topological polar surface area (TPSA) is 21.3 Å². The van der Waals surface area contributed by atoms with Gasteiger partial charge in [0, 0.05) is 18.6 Å². The van der Waals surface area contributed by atoms with Gasteiger partial charge in [0.1, 0.15) is 0 Å². The number of hydrogen-bond acceptors (Lipinski definition) is 2. The number of nitrogens with one attached hydrogen (secondary N) is 1. The molecule has 3 atom stereocenters. The van der Waals surface area contributed by atoms with E-state index >= 15 is 0 Å². The summed E-state index contributed by atoms with van der Waals surface area (Å²) in [7, 11) is 1.77. The molecule has 1 N–H and O–H groups in total. The fourth-order valence-corrected chi connectivity index (χ4v) is 1.92. The summed E-state index contributed by atoms with van der Waals surface area (Å²) in [5.74, 6) is 2.68. The van der Waals surface area contributed by atoms with Crippen LogP contribution in [-0.4, -0.2) is 25.3 Å². The van der Waals surface area contributed by atoms with Crippen molar-refractivity contribution in [1.82, 2.24) is 5.32 Å². The van der Waals surface area contributed by atoms with E-state index in [0.29, 0.717) is 12.1 Å². The Balaban J connectivity index is 2.45. The molecule has 0 aromatic rings. The predicted octanol–water partition coefficient (Wildman–Crippen LogP) is 1.41. The molecule has 1 saturated carbocycles. The minimum atomic E-state index is 0.155.